The molecule has 2 spiro atoms. The maximum Gasteiger partial charge on any atom is 0.331 e. The smallest absolute Gasteiger partial charge is 0.331 e. The summed E-state index contributed by atoms with van der Waals surface area (Å²) in [6.07, 6.45) is 13.5. The Morgan fingerprint density at radius 3 is 2.47 bits per heavy atom. The molecule has 1 aliphatic heterocycles. The summed E-state index contributed by atoms with van der Waals surface area (Å²) in [5, 5.41) is 85.1. The number of likely N-dealkylation sites (N-methyl/N-ethyl adjacent to an activating group) is 1. The summed E-state index contributed by atoms with van der Waals surface area (Å²) in [5.41, 5.74) is -6.04. The maximum atomic E-state index is 15.4. The van der Waals surface area contributed by atoms with E-state index in [0.29, 0.717) is 62.4 Å². The van der Waals surface area contributed by atoms with Crippen molar-refractivity contribution in [2.75, 3.05) is 13.7 Å². The van der Waals surface area contributed by atoms with Crippen molar-refractivity contribution in [3.05, 3.63) is 82.4 Å². The van der Waals surface area contributed by atoms with Crippen molar-refractivity contribution in [3.8, 4) is 23.7 Å². The molecule has 10 heteroatoms. The van der Waals surface area contributed by atoms with Gasteiger partial charge in [0.15, 0.2) is 0 Å². The molecular weight excluding hydrogens is 939 g/mol. The van der Waals surface area contributed by atoms with Gasteiger partial charge in [-0.05, 0) is 172 Å². The molecule has 75 heavy (non-hydrogen) atoms. The van der Waals surface area contributed by atoms with E-state index in [1.54, 1.807) is 6.08 Å². The number of carbonyl (C=O) groups is 2. The molecule has 7 bridgehead atoms. The molecule has 8 fully saturated rings. The number of fused-ring (bicyclic) bond motifs is 5. The van der Waals surface area contributed by atoms with Crippen LogP contribution in [-0.2, 0) is 33.8 Å². The number of aliphatic hydroxyl groups excluding tert-OH is 3. The van der Waals surface area contributed by atoms with Crippen molar-refractivity contribution in [1.29, 1.82) is 0 Å². The number of esters is 1. The van der Waals surface area contributed by atoms with Crippen molar-refractivity contribution < 1.29 is 45.0 Å². The van der Waals surface area contributed by atoms with Gasteiger partial charge in [-0.15, -0.1) is 5.92 Å². The topological polar surface area (TPSA) is 177 Å². The molecule has 2 aromatic carbocycles. The van der Waals surface area contributed by atoms with E-state index >= 15 is 15.0 Å². The van der Waals surface area contributed by atoms with Crippen molar-refractivity contribution in [2.24, 2.45) is 86.8 Å². The Hall–Kier alpha value is -3.84. The van der Waals surface area contributed by atoms with Gasteiger partial charge in [-0.25, -0.2) is 4.79 Å². The normalized spacial score (nSPS) is 47.5. The van der Waals surface area contributed by atoms with Crippen LogP contribution in [0.15, 0.2) is 60.2 Å². The first-order valence-electron chi connectivity index (χ1n) is 29.5. The third-order valence-electron chi connectivity index (χ3n) is 24.8. The molecule has 0 saturated heterocycles. The molecule has 12 aliphatic rings. The Morgan fingerprint density at radius 2 is 1.71 bits per heavy atom. The highest BCUT2D eigenvalue weighted by molar-refractivity contribution is 5.87. The van der Waals surface area contributed by atoms with E-state index in [4.69, 9.17) is 4.74 Å². The van der Waals surface area contributed by atoms with Crippen molar-refractivity contribution in [1.82, 2.24) is 5.32 Å². The number of aliphatic hydroxyl groups is 6. The van der Waals surface area contributed by atoms with Crippen LogP contribution in [0, 0.1) is 110 Å². The first kappa shape index (κ1) is 50.7. The van der Waals surface area contributed by atoms with Crippen LogP contribution in [-0.4, -0.2) is 91.6 Å². The molecule has 8 saturated carbocycles. The number of nitrogens with one attached hydrogen (secondary N) is 1. The van der Waals surface area contributed by atoms with Gasteiger partial charge >= 0.3 is 5.97 Å². The maximum absolute atomic E-state index is 15.4. The first-order chi connectivity index (χ1) is 36.2. The van der Waals surface area contributed by atoms with E-state index in [9.17, 15) is 25.2 Å². The first-order valence-corrected chi connectivity index (χ1v) is 29.5. The zero-order chi connectivity index (χ0) is 51.9. The Labute approximate surface area is 444 Å². The lowest BCUT2D eigenvalue weighted by atomic mass is 9.31. The second-order valence-electron chi connectivity index (χ2n) is 27.0. The van der Waals surface area contributed by atoms with Gasteiger partial charge in [0.2, 0.25) is 0 Å². The third kappa shape index (κ3) is 6.72. The Bertz CT molecular complexity index is 2770. The van der Waals surface area contributed by atoms with Crippen LogP contribution in [0.4, 0.5) is 0 Å². The van der Waals surface area contributed by atoms with Gasteiger partial charge in [0, 0.05) is 65.0 Å². The second kappa shape index (κ2) is 18.1. The molecule has 11 aliphatic carbocycles. The molecule has 14 rings (SSSR count). The molecule has 0 aromatic heterocycles. The minimum absolute atomic E-state index is 0.0290. The second-order valence-corrected chi connectivity index (χ2v) is 27.0. The Balaban J connectivity index is 1.05. The minimum atomic E-state index is -2.00. The molecule has 10 nitrogen and oxygen atoms in total. The third-order valence-corrected chi connectivity index (χ3v) is 24.8. The minimum Gasteiger partial charge on any atom is -0.454 e. The summed E-state index contributed by atoms with van der Waals surface area (Å²) in [6, 6.07) is 16.1. The molecule has 7 N–H and O–H groups in total. The molecular formula is C65H81NO9. The van der Waals surface area contributed by atoms with Crippen LogP contribution in [0.3, 0.4) is 0 Å². The molecule has 0 amide bonds. The SMILES string of the molecule is CN[C@@H]1Cc2c(cccc2CO)C#CCC[C@]23C[C@H]4C#CC[C@@H](Cc5ccccc5)[C@H]5CC[C@@]6(C5)C[C@]5(C=O)[C@@H]4[C@@](O)(C[C@@H]4C[C@H]([C@@H](C)C7CCCC7)CC[C@@H]([C@H]6O)[C@@]45O)[C@@]2(O)C[C@@H]2C[C@@H]1[C@@H]1OC(=O)C=C1[C@@]23CO. The summed E-state index contributed by atoms with van der Waals surface area (Å²) in [5.74, 6) is 11.9. The summed E-state index contributed by atoms with van der Waals surface area (Å²) in [6.45, 7) is 1.83. The van der Waals surface area contributed by atoms with E-state index in [1.165, 1.54) is 31.2 Å². The van der Waals surface area contributed by atoms with Crippen LogP contribution >= 0.6 is 0 Å². The Morgan fingerprint density at radius 1 is 0.893 bits per heavy atom. The fraction of sp³-hybridized carbons (Fsp3) is 0.692. The van der Waals surface area contributed by atoms with Gasteiger partial charge in [0.25, 0.3) is 0 Å². The van der Waals surface area contributed by atoms with E-state index in [1.807, 2.05) is 31.3 Å². The van der Waals surface area contributed by atoms with Crippen LogP contribution in [0.5, 0.6) is 0 Å². The number of aldehydes is 1. The molecule has 1 heterocycles. The number of carbonyl (C=O) groups excluding carboxylic acids is 2. The molecule has 20 atom stereocenters. The molecule has 0 radical (unpaired) electrons. The zero-order valence-electron chi connectivity index (χ0n) is 44.3. The lowest BCUT2D eigenvalue weighted by Gasteiger charge is -2.75. The van der Waals surface area contributed by atoms with Crippen LogP contribution in [0.25, 0.3) is 0 Å². The zero-order valence-corrected chi connectivity index (χ0v) is 44.3. The van der Waals surface area contributed by atoms with Gasteiger partial charge in [-0.3, -0.25) is 0 Å². The van der Waals surface area contributed by atoms with Gasteiger partial charge < -0.3 is 45.5 Å². The summed E-state index contributed by atoms with van der Waals surface area (Å²) < 4.78 is 6.45. The summed E-state index contributed by atoms with van der Waals surface area (Å²) in [7, 11) is 1.91. The quantitative estimate of drug-likeness (QED) is 0.0802. The lowest BCUT2D eigenvalue weighted by Crippen LogP contribution is -2.84. The van der Waals surface area contributed by atoms with E-state index in [0.717, 1.165) is 42.2 Å². The summed E-state index contributed by atoms with van der Waals surface area (Å²) in [4.78, 5) is 29.5. The van der Waals surface area contributed by atoms with Crippen molar-refractivity contribution in [3.63, 3.8) is 0 Å². The van der Waals surface area contributed by atoms with Crippen LogP contribution in [0.2, 0.25) is 0 Å². The van der Waals surface area contributed by atoms with E-state index in [-0.39, 0.29) is 74.8 Å². The lowest BCUT2D eigenvalue weighted by molar-refractivity contribution is -0.365. The largest absolute Gasteiger partial charge is 0.454 e. The predicted octanol–water partition coefficient (Wildman–Crippen LogP) is 7.41. The number of rotatable bonds is 8. The van der Waals surface area contributed by atoms with E-state index < -0.39 is 92.8 Å². The monoisotopic (exact) mass is 1020 g/mol. The fourth-order valence-electron chi connectivity index (χ4n) is 21.8. The van der Waals surface area contributed by atoms with Gasteiger partial charge in [0.1, 0.15) is 18.0 Å². The Kier molecular flexibility index (Phi) is 12.2. The highest BCUT2D eigenvalue weighted by Crippen LogP contribution is 2.83. The standard InChI is InChI=1S/C65H81NO9/c1-39(41-14-6-7-15-41)43-21-22-52-58(71)59-25-23-45(31-59)44(26-40-12-4-3-5-13-40)18-11-19-46-32-61-24-9-8-16-42-17-10-20-47(35-67)50(42)29-54(66-2)51-28-48(62(61,38-69)53-30-55(70)75-56(51)53)34-64(61,73)63(72)33-49(27-43)65(52,74)60(36-59,37-68)57(46)63/h3-5,10,12-13,17,20,30,37,39,41,43-46,48-49,51-52,54,56-58,66-67,69,71-74H,6-7,9,14-15,18,21-29,31-36,38H2,1-2H3/t39-,43+,44-,45-,46+,48-,49-,51-,52-,54+,56-,57+,58+,59+,60-,61+,62+,63-,64+,65-/m0/s1. The fourth-order valence-corrected chi connectivity index (χ4v) is 21.8. The highest BCUT2D eigenvalue weighted by Gasteiger charge is 2.88. The van der Waals surface area contributed by atoms with Gasteiger partial charge in [-0.1, -0.05) is 92.8 Å². The number of hydrogen-bond acceptors (Lipinski definition) is 10. The van der Waals surface area contributed by atoms with Crippen molar-refractivity contribution in [2.45, 2.75) is 177 Å². The van der Waals surface area contributed by atoms with Crippen LogP contribution in [0.1, 0.15) is 145 Å². The summed E-state index contributed by atoms with van der Waals surface area (Å²) >= 11 is 0. The highest BCUT2D eigenvalue weighted by atomic mass is 16.5. The van der Waals surface area contributed by atoms with Crippen LogP contribution < -0.4 is 5.32 Å². The van der Waals surface area contributed by atoms with E-state index in [2.05, 4.69) is 60.2 Å². The number of hydrogen-bond donors (Lipinski definition) is 7. The molecule has 2 aromatic rings. The predicted molar refractivity (Wildman–Crippen MR) is 283 cm³/mol. The van der Waals surface area contributed by atoms with Gasteiger partial charge in [0.05, 0.1) is 35.9 Å². The average molecular weight is 1020 g/mol. The number of benzene rings is 2. The average Bonchev–Trinajstić information content (AvgIpc) is 4.22. The van der Waals surface area contributed by atoms with Crippen molar-refractivity contribution >= 4 is 12.3 Å². The number of ether oxygens (including phenoxy) is 1. The molecule has 400 valence electrons. The van der Waals surface area contributed by atoms with Gasteiger partial charge in [-0.2, -0.15) is 0 Å². The molecule has 0 unspecified atom stereocenters.